The zero-order valence-electron chi connectivity index (χ0n) is 18.6. The second-order valence-corrected chi connectivity index (χ2v) is 7.34. The van der Waals surface area contributed by atoms with Gasteiger partial charge in [0.25, 0.3) is 0 Å². The molecule has 1 nitrogen and oxygen atoms in total. The van der Waals surface area contributed by atoms with Gasteiger partial charge in [0, 0.05) is 0 Å². The SMILES string of the molecule is C[CH-]c1ccccc1C1=C(C)C(C)=C(C)C1.Cc1cc(C)c([NH-])c(C)c1.Cl.Cl.[Ti+2]. The molecule has 0 aliphatic heterocycles. The molecular weight excluding hydrogens is 433 g/mol. The Balaban J connectivity index is 0. The molecular formula is C25H33Cl2NTi. The van der Waals surface area contributed by atoms with Crippen LogP contribution in [0.4, 0.5) is 5.69 Å². The van der Waals surface area contributed by atoms with E-state index < -0.39 is 0 Å². The van der Waals surface area contributed by atoms with Crippen LogP contribution in [-0.2, 0) is 21.7 Å². The molecule has 4 heteroatoms. The first-order chi connectivity index (χ1) is 12.3. The first kappa shape index (κ1) is 30.1. The molecule has 0 saturated heterocycles. The minimum atomic E-state index is 0. The molecule has 1 aliphatic rings. The Kier molecular flexibility index (Phi) is 13.7. The molecule has 1 aliphatic carbocycles. The van der Waals surface area contributed by atoms with Crippen molar-refractivity contribution in [3.05, 3.63) is 93.1 Å². The Hall–Kier alpha value is -1.12. The summed E-state index contributed by atoms with van der Waals surface area (Å²) in [6, 6.07) is 12.7. The molecule has 0 spiro atoms. The number of allylic oxidation sites excluding steroid dienone is 4. The quantitative estimate of drug-likeness (QED) is 0.312. The van der Waals surface area contributed by atoms with Crippen molar-refractivity contribution in [1.82, 2.24) is 0 Å². The van der Waals surface area contributed by atoms with Crippen molar-refractivity contribution in [2.45, 2.75) is 54.9 Å². The predicted octanol–water partition coefficient (Wildman–Crippen LogP) is 8.91. The second kappa shape index (κ2) is 13.2. The Bertz CT molecular complexity index is 859. The predicted molar refractivity (Wildman–Crippen MR) is 130 cm³/mol. The number of benzene rings is 2. The monoisotopic (exact) mass is 465 g/mol. The summed E-state index contributed by atoms with van der Waals surface area (Å²) < 4.78 is 0. The van der Waals surface area contributed by atoms with Gasteiger partial charge < -0.3 is 5.73 Å². The molecule has 0 fully saturated rings. The summed E-state index contributed by atoms with van der Waals surface area (Å²) >= 11 is 0. The first-order valence-corrected chi connectivity index (χ1v) is 9.31. The van der Waals surface area contributed by atoms with Gasteiger partial charge in [-0.2, -0.15) is 18.1 Å². The number of hydrogen-bond acceptors (Lipinski definition) is 0. The van der Waals surface area contributed by atoms with Gasteiger partial charge in [0.15, 0.2) is 0 Å². The van der Waals surface area contributed by atoms with Crippen LogP contribution in [0.1, 0.15) is 61.9 Å². The van der Waals surface area contributed by atoms with E-state index in [-0.39, 0.29) is 46.5 Å². The van der Waals surface area contributed by atoms with Crippen LogP contribution in [0.25, 0.3) is 11.3 Å². The molecule has 29 heavy (non-hydrogen) atoms. The fraction of sp³-hybridized carbons (Fsp3) is 0.320. The van der Waals surface area contributed by atoms with Crippen molar-refractivity contribution in [2.75, 3.05) is 0 Å². The fourth-order valence-electron chi connectivity index (χ4n) is 3.58. The minimum absolute atomic E-state index is 0. The number of rotatable bonds is 2. The van der Waals surface area contributed by atoms with Crippen LogP contribution >= 0.6 is 24.8 Å². The second-order valence-electron chi connectivity index (χ2n) is 7.34. The van der Waals surface area contributed by atoms with Gasteiger partial charge in [0.2, 0.25) is 0 Å². The van der Waals surface area contributed by atoms with Crippen LogP contribution in [0.2, 0.25) is 0 Å². The molecule has 0 saturated carbocycles. The van der Waals surface area contributed by atoms with Crippen LogP contribution in [0.15, 0.2) is 53.1 Å². The van der Waals surface area contributed by atoms with E-state index in [2.05, 4.69) is 65.3 Å². The van der Waals surface area contributed by atoms with E-state index in [9.17, 15) is 0 Å². The average molecular weight is 466 g/mol. The van der Waals surface area contributed by atoms with E-state index in [1.54, 1.807) is 0 Å². The van der Waals surface area contributed by atoms with Gasteiger partial charge in [0.1, 0.15) is 0 Å². The summed E-state index contributed by atoms with van der Waals surface area (Å²) in [5.74, 6) is 0. The fourth-order valence-corrected chi connectivity index (χ4v) is 3.58. The molecule has 0 bridgehead atoms. The molecule has 0 atom stereocenters. The van der Waals surface area contributed by atoms with Gasteiger partial charge in [-0.3, -0.25) is 0 Å². The van der Waals surface area contributed by atoms with E-state index in [0.29, 0.717) is 5.69 Å². The Morgan fingerprint density at radius 3 is 1.79 bits per heavy atom. The summed E-state index contributed by atoms with van der Waals surface area (Å²) in [5.41, 5.74) is 20.3. The van der Waals surface area contributed by atoms with Gasteiger partial charge in [-0.15, -0.1) is 48.2 Å². The Labute approximate surface area is 205 Å². The maximum Gasteiger partial charge on any atom is 2.00 e. The standard InChI is InChI=1S/C16H19.C9H12N.2ClH.Ti/c1-5-14-8-6-7-9-15(14)16-10-11(2)12(3)13(16)4;1-6-4-7(2)9(10)8(3)5-6;;;/h5-9H,10H2,1-4H3;4-5,10H,1-3H3;2*1H;/q2*-1;;;+2. The molecule has 0 heterocycles. The zero-order valence-corrected chi connectivity index (χ0v) is 21.8. The molecule has 0 unspecified atom stereocenters. The van der Waals surface area contributed by atoms with Crippen LogP contribution in [0.3, 0.4) is 0 Å². The van der Waals surface area contributed by atoms with Crippen molar-refractivity contribution < 1.29 is 21.7 Å². The third-order valence-corrected chi connectivity index (χ3v) is 5.37. The summed E-state index contributed by atoms with van der Waals surface area (Å²) in [6.07, 6.45) is 3.31. The van der Waals surface area contributed by atoms with Gasteiger partial charge in [0.05, 0.1) is 0 Å². The van der Waals surface area contributed by atoms with E-state index in [1.165, 1.54) is 39.0 Å². The molecule has 2 aromatic rings. The van der Waals surface area contributed by atoms with Crippen LogP contribution < -0.4 is 0 Å². The molecule has 0 amide bonds. The Morgan fingerprint density at radius 2 is 1.34 bits per heavy atom. The van der Waals surface area contributed by atoms with Gasteiger partial charge >= 0.3 is 21.7 Å². The summed E-state index contributed by atoms with van der Waals surface area (Å²) in [4.78, 5) is 0. The number of halogens is 2. The maximum atomic E-state index is 7.54. The average Bonchev–Trinajstić information content (AvgIpc) is 2.87. The van der Waals surface area contributed by atoms with Crippen molar-refractivity contribution in [2.24, 2.45) is 0 Å². The molecule has 0 radical (unpaired) electrons. The Morgan fingerprint density at radius 1 is 0.828 bits per heavy atom. The molecule has 2 aromatic carbocycles. The van der Waals surface area contributed by atoms with Gasteiger partial charge in [-0.1, -0.05) is 58.5 Å². The first-order valence-electron chi connectivity index (χ1n) is 9.31. The molecule has 0 aromatic heterocycles. The van der Waals surface area contributed by atoms with Gasteiger partial charge in [-0.05, 0) is 53.5 Å². The molecule has 1 N–H and O–H groups in total. The van der Waals surface area contributed by atoms with Crippen LogP contribution in [-0.4, -0.2) is 0 Å². The summed E-state index contributed by atoms with van der Waals surface area (Å²) in [5, 5.41) is 0. The minimum Gasteiger partial charge on any atom is -0.698 e. The summed E-state index contributed by atoms with van der Waals surface area (Å²) in [6.45, 7) is 14.8. The topological polar surface area (TPSA) is 23.8 Å². The van der Waals surface area contributed by atoms with E-state index in [4.69, 9.17) is 5.73 Å². The molecule has 3 rings (SSSR count). The zero-order chi connectivity index (χ0) is 19.4. The molecule has 156 valence electrons. The van der Waals surface area contributed by atoms with E-state index >= 15 is 0 Å². The van der Waals surface area contributed by atoms with Crippen molar-refractivity contribution >= 4 is 36.1 Å². The number of nitrogens with one attached hydrogen (secondary N) is 1. The largest absolute Gasteiger partial charge is 2.00 e. The maximum absolute atomic E-state index is 7.54. The van der Waals surface area contributed by atoms with Crippen LogP contribution in [0, 0.1) is 27.2 Å². The normalized spacial score (nSPS) is 12.2. The van der Waals surface area contributed by atoms with E-state index in [1.807, 2.05) is 26.0 Å². The number of hydrogen-bond donors (Lipinski definition) is 0. The van der Waals surface area contributed by atoms with Crippen LogP contribution in [0.5, 0.6) is 0 Å². The van der Waals surface area contributed by atoms with Crippen molar-refractivity contribution in [3.63, 3.8) is 0 Å². The third kappa shape index (κ3) is 7.26. The number of aryl methyl sites for hydroxylation is 3. The smallest absolute Gasteiger partial charge is 0.698 e. The van der Waals surface area contributed by atoms with Gasteiger partial charge in [-0.25, -0.2) is 0 Å². The van der Waals surface area contributed by atoms with E-state index in [0.717, 1.165) is 17.5 Å². The third-order valence-electron chi connectivity index (χ3n) is 5.37. The van der Waals surface area contributed by atoms with Crippen molar-refractivity contribution in [1.29, 1.82) is 0 Å². The van der Waals surface area contributed by atoms with Crippen molar-refractivity contribution in [3.8, 4) is 0 Å². The summed E-state index contributed by atoms with van der Waals surface area (Å²) in [7, 11) is 0.